The normalized spacial score (nSPS) is 22.1. The lowest BCUT2D eigenvalue weighted by Gasteiger charge is -2.25. The Labute approximate surface area is 119 Å². The predicted octanol–water partition coefficient (Wildman–Crippen LogP) is 1.53. The molecule has 1 aliphatic rings. The summed E-state index contributed by atoms with van der Waals surface area (Å²) in [6.07, 6.45) is 2.53. The van der Waals surface area contributed by atoms with Crippen molar-refractivity contribution in [3.63, 3.8) is 0 Å². The molecule has 0 bridgehead atoms. The summed E-state index contributed by atoms with van der Waals surface area (Å²) >= 11 is 0. The van der Waals surface area contributed by atoms with Gasteiger partial charge in [-0.25, -0.2) is 0 Å². The highest BCUT2D eigenvalue weighted by atomic mass is 16.5. The molecular weight excluding hydrogens is 254 g/mol. The molecule has 2 atom stereocenters. The second-order valence-corrected chi connectivity index (χ2v) is 5.17. The number of carbonyl (C=O) groups is 1. The number of ether oxygens (including phenoxy) is 1. The number of fused-ring (bicyclic) bond motifs is 1. The summed E-state index contributed by atoms with van der Waals surface area (Å²) in [6, 6.07) is 7.82. The average molecular weight is 275 g/mol. The van der Waals surface area contributed by atoms with Gasteiger partial charge in [-0.3, -0.25) is 4.79 Å². The van der Waals surface area contributed by atoms with Gasteiger partial charge in [-0.2, -0.15) is 0 Å². The van der Waals surface area contributed by atoms with Gasteiger partial charge in [0.2, 0.25) is 5.91 Å². The first-order valence-corrected chi connectivity index (χ1v) is 6.88. The van der Waals surface area contributed by atoms with E-state index in [-0.39, 0.29) is 12.5 Å². The van der Waals surface area contributed by atoms with Gasteiger partial charge in [0.15, 0.2) is 0 Å². The number of hydrogen-bond acceptors (Lipinski definition) is 3. The third-order valence-electron chi connectivity index (χ3n) is 3.72. The summed E-state index contributed by atoms with van der Waals surface area (Å²) < 4.78 is 5.26. The molecule has 20 heavy (non-hydrogen) atoms. The SMILES string of the molecule is C=CCO[C@@H](C)C(=O)NC[C@@]1(O)CCc2ccccc21. The molecule has 4 nitrogen and oxygen atoms in total. The first kappa shape index (κ1) is 14.8. The molecule has 2 N–H and O–H groups in total. The van der Waals surface area contributed by atoms with Gasteiger partial charge in [0, 0.05) is 0 Å². The lowest BCUT2D eigenvalue weighted by molar-refractivity contribution is -0.132. The van der Waals surface area contributed by atoms with E-state index in [1.165, 1.54) is 0 Å². The zero-order valence-corrected chi connectivity index (χ0v) is 11.8. The first-order valence-electron chi connectivity index (χ1n) is 6.88. The topological polar surface area (TPSA) is 58.6 Å². The van der Waals surface area contributed by atoms with Gasteiger partial charge in [0.25, 0.3) is 0 Å². The molecule has 0 radical (unpaired) electrons. The van der Waals surface area contributed by atoms with Gasteiger partial charge in [-0.1, -0.05) is 30.3 Å². The number of aliphatic hydroxyl groups is 1. The van der Waals surface area contributed by atoms with E-state index in [9.17, 15) is 9.90 Å². The largest absolute Gasteiger partial charge is 0.383 e. The predicted molar refractivity (Wildman–Crippen MR) is 77.3 cm³/mol. The van der Waals surface area contributed by atoms with Gasteiger partial charge in [0.1, 0.15) is 11.7 Å². The third kappa shape index (κ3) is 3.08. The molecule has 0 aromatic heterocycles. The van der Waals surface area contributed by atoms with Crippen molar-refractivity contribution in [2.45, 2.75) is 31.5 Å². The molecule has 108 valence electrons. The van der Waals surface area contributed by atoms with Crippen LogP contribution in [0.15, 0.2) is 36.9 Å². The van der Waals surface area contributed by atoms with Crippen molar-refractivity contribution >= 4 is 5.91 Å². The van der Waals surface area contributed by atoms with Crippen LogP contribution in [0.25, 0.3) is 0 Å². The molecule has 0 saturated heterocycles. The molecule has 2 rings (SSSR count). The lowest BCUT2D eigenvalue weighted by Crippen LogP contribution is -2.43. The maximum atomic E-state index is 11.9. The fourth-order valence-electron chi connectivity index (χ4n) is 2.52. The van der Waals surface area contributed by atoms with E-state index in [2.05, 4.69) is 11.9 Å². The van der Waals surface area contributed by atoms with Gasteiger partial charge >= 0.3 is 0 Å². The third-order valence-corrected chi connectivity index (χ3v) is 3.72. The first-order chi connectivity index (χ1) is 9.57. The molecule has 0 heterocycles. The van der Waals surface area contributed by atoms with Crippen molar-refractivity contribution in [1.29, 1.82) is 0 Å². The van der Waals surface area contributed by atoms with Crippen molar-refractivity contribution < 1.29 is 14.6 Å². The van der Waals surface area contributed by atoms with Crippen molar-refractivity contribution in [3.8, 4) is 0 Å². The average Bonchev–Trinajstić information content (AvgIpc) is 2.81. The number of hydrogen-bond donors (Lipinski definition) is 2. The number of benzene rings is 1. The maximum Gasteiger partial charge on any atom is 0.248 e. The molecule has 0 unspecified atom stereocenters. The van der Waals surface area contributed by atoms with E-state index < -0.39 is 11.7 Å². The highest BCUT2D eigenvalue weighted by Crippen LogP contribution is 2.36. The number of nitrogens with one attached hydrogen (secondary N) is 1. The minimum Gasteiger partial charge on any atom is -0.383 e. The van der Waals surface area contributed by atoms with E-state index in [4.69, 9.17) is 4.74 Å². The summed E-state index contributed by atoms with van der Waals surface area (Å²) in [5.74, 6) is -0.218. The van der Waals surface area contributed by atoms with Crippen LogP contribution in [0.3, 0.4) is 0 Å². The van der Waals surface area contributed by atoms with Crippen LogP contribution in [0.2, 0.25) is 0 Å². The Kier molecular flexibility index (Phi) is 4.57. The number of amides is 1. The quantitative estimate of drug-likeness (QED) is 0.774. The molecule has 4 heteroatoms. The highest BCUT2D eigenvalue weighted by molar-refractivity contribution is 5.80. The van der Waals surface area contributed by atoms with E-state index in [0.29, 0.717) is 13.0 Å². The second kappa shape index (κ2) is 6.20. The summed E-state index contributed by atoms with van der Waals surface area (Å²) in [5, 5.41) is 13.4. The van der Waals surface area contributed by atoms with E-state index >= 15 is 0 Å². The molecule has 1 amide bonds. The monoisotopic (exact) mass is 275 g/mol. The minimum absolute atomic E-state index is 0.213. The van der Waals surface area contributed by atoms with Crippen LogP contribution in [-0.4, -0.2) is 30.3 Å². The second-order valence-electron chi connectivity index (χ2n) is 5.17. The van der Waals surface area contributed by atoms with Crippen molar-refractivity contribution in [2.75, 3.05) is 13.2 Å². The van der Waals surface area contributed by atoms with Crippen molar-refractivity contribution in [3.05, 3.63) is 48.0 Å². The van der Waals surface area contributed by atoms with Crippen LogP contribution in [0.5, 0.6) is 0 Å². The Morgan fingerprint density at radius 2 is 2.35 bits per heavy atom. The number of rotatable bonds is 6. The summed E-state index contributed by atoms with van der Waals surface area (Å²) in [6.45, 7) is 5.77. The van der Waals surface area contributed by atoms with E-state index in [1.807, 2.05) is 24.3 Å². The van der Waals surface area contributed by atoms with E-state index in [1.54, 1.807) is 13.0 Å². The van der Waals surface area contributed by atoms with E-state index in [0.717, 1.165) is 17.5 Å². The van der Waals surface area contributed by atoms with Crippen LogP contribution >= 0.6 is 0 Å². The van der Waals surface area contributed by atoms with Gasteiger partial charge in [-0.05, 0) is 30.9 Å². The van der Waals surface area contributed by atoms with Crippen molar-refractivity contribution in [2.24, 2.45) is 0 Å². The highest BCUT2D eigenvalue weighted by Gasteiger charge is 2.36. The molecule has 0 fully saturated rings. The fraction of sp³-hybridized carbons (Fsp3) is 0.438. The Morgan fingerprint density at radius 1 is 1.60 bits per heavy atom. The van der Waals surface area contributed by atoms with Gasteiger partial charge in [0.05, 0.1) is 13.2 Å². The zero-order chi connectivity index (χ0) is 14.6. The van der Waals surface area contributed by atoms with Crippen LogP contribution < -0.4 is 5.32 Å². The Morgan fingerprint density at radius 3 is 3.10 bits per heavy atom. The molecule has 0 aliphatic heterocycles. The summed E-state index contributed by atoms with van der Waals surface area (Å²) in [5.41, 5.74) is 1.10. The molecule has 0 spiro atoms. The lowest BCUT2D eigenvalue weighted by atomic mass is 9.96. The van der Waals surface area contributed by atoms with Gasteiger partial charge in [-0.15, -0.1) is 6.58 Å². The maximum absolute atomic E-state index is 11.9. The number of carbonyl (C=O) groups excluding carboxylic acids is 1. The fourth-order valence-corrected chi connectivity index (χ4v) is 2.52. The standard InChI is InChI=1S/C16H21NO3/c1-3-10-20-12(2)15(18)17-11-16(19)9-8-13-6-4-5-7-14(13)16/h3-7,12,19H,1,8-11H2,2H3,(H,17,18)/t12-,16-/m0/s1. The van der Waals surface area contributed by atoms with Crippen LogP contribution in [0, 0.1) is 0 Å². The van der Waals surface area contributed by atoms with Crippen LogP contribution in [0.4, 0.5) is 0 Å². The molecule has 1 aliphatic carbocycles. The Balaban J connectivity index is 1.94. The van der Waals surface area contributed by atoms with Crippen LogP contribution in [-0.2, 0) is 21.6 Å². The summed E-state index contributed by atoms with van der Waals surface area (Å²) in [7, 11) is 0. The van der Waals surface area contributed by atoms with Gasteiger partial charge < -0.3 is 15.2 Å². The molecular formula is C16H21NO3. The Hall–Kier alpha value is -1.65. The molecule has 1 aromatic carbocycles. The number of aryl methyl sites for hydroxylation is 1. The Bertz CT molecular complexity index is 500. The van der Waals surface area contributed by atoms with Crippen LogP contribution in [0.1, 0.15) is 24.5 Å². The minimum atomic E-state index is -0.968. The molecule has 1 aromatic rings. The zero-order valence-electron chi connectivity index (χ0n) is 11.8. The van der Waals surface area contributed by atoms with Crippen molar-refractivity contribution in [1.82, 2.24) is 5.32 Å². The molecule has 0 saturated carbocycles. The summed E-state index contributed by atoms with van der Waals surface area (Å²) in [4.78, 5) is 11.9. The smallest absolute Gasteiger partial charge is 0.248 e.